The summed E-state index contributed by atoms with van der Waals surface area (Å²) in [6.07, 6.45) is 1.20. The van der Waals surface area contributed by atoms with Crippen molar-refractivity contribution in [1.82, 2.24) is 13.9 Å². The molecule has 0 amide bonds. The molecule has 25 heavy (non-hydrogen) atoms. The molecular formula is C15H25N3O5S2. The minimum absolute atomic E-state index is 0.192. The number of nitrogens with zero attached hydrogens (tertiary/aromatic N) is 2. The Hall–Kier alpha value is -1.20. The monoisotopic (exact) mass is 391 g/mol. The summed E-state index contributed by atoms with van der Waals surface area (Å²) in [5.41, 5.74) is 0. The molecule has 0 radical (unpaired) electrons. The number of hydrogen-bond donors (Lipinski definition) is 1. The molecule has 1 heterocycles. The van der Waals surface area contributed by atoms with Crippen LogP contribution in [0.3, 0.4) is 0 Å². The van der Waals surface area contributed by atoms with Crippen molar-refractivity contribution in [2.45, 2.75) is 11.8 Å². The molecule has 1 N–H and O–H groups in total. The van der Waals surface area contributed by atoms with Gasteiger partial charge in [0.1, 0.15) is 5.75 Å². The molecule has 0 saturated carbocycles. The first-order chi connectivity index (χ1) is 11.7. The van der Waals surface area contributed by atoms with Crippen LogP contribution in [0, 0.1) is 0 Å². The number of nitrogens with one attached hydrogen (secondary N) is 1. The largest absolute Gasteiger partial charge is 0.494 e. The van der Waals surface area contributed by atoms with Crippen LogP contribution in [0.25, 0.3) is 0 Å². The second-order valence-corrected chi connectivity index (χ2v) is 9.56. The lowest BCUT2D eigenvalue weighted by atomic mass is 10.3. The van der Waals surface area contributed by atoms with Crippen molar-refractivity contribution in [1.29, 1.82) is 0 Å². The lowest BCUT2D eigenvalue weighted by Gasteiger charge is -2.33. The summed E-state index contributed by atoms with van der Waals surface area (Å²) in [5, 5.41) is 0. The summed E-state index contributed by atoms with van der Waals surface area (Å²) < 4.78 is 56.8. The fourth-order valence-corrected chi connectivity index (χ4v) is 4.44. The van der Waals surface area contributed by atoms with Gasteiger partial charge in [-0.05, 0) is 31.2 Å². The lowest BCUT2D eigenvalue weighted by Crippen LogP contribution is -2.49. The maximum atomic E-state index is 12.3. The summed E-state index contributed by atoms with van der Waals surface area (Å²) in [7, 11) is -6.72. The number of sulfonamides is 2. The average Bonchev–Trinajstić information content (AvgIpc) is 2.55. The number of piperazine rings is 1. The van der Waals surface area contributed by atoms with Crippen molar-refractivity contribution >= 4 is 20.0 Å². The lowest BCUT2D eigenvalue weighted by molar-refractivity contribution is 0.192. The molecular weight excluding hydrogens is 366 g/mol. The quantitative estimate of drug-likeness (QED) is 0.667. The van der Waals surface area contributed by atoms with Gasteiger partial charge in [-0.3, -0.25) is 4.90 Å². The maximum Gasteiger partial charge on any atom is 0.240 e. The Labute approximate surface area is 149 Å². The minimum Gasteiger partial charge on any atom is -0.494 e. The van der Waals surface area contributed by atoms with E-state index in [4.69, 9.17) is 4.74 Å². The van der Waals surface area contributed by atoms with Gasteiger partial charge in [0.2, 0.25) is 20.0 Å². The molecule has 0 unspecified atom stereocenters. The summed E-state index contributed by atoms with van der Waals surface area (Å²) in [5.74, 6) is 0.630. The van der Waals surface area contributed by atoms with E-state index in [1.165, 1.54) is 22.7 Å². The van der Waals surface area contributed by atoms with Crippen molar-refractivity contribution < 1.29 is 21.6 Å². The summed E-state index contributed by atoms with van der Waals surface area (Å²) in [6, 6.07) is 6.28. The van der Waals surface area contributed by atoms with Gasteiger partial charge in [-0.25, -0.2) is 21.6 Å². The Morgan fingerprint density at radius 2 is 1.64 bits per heavy atom. The summed E-state index contributed by atoms with van der Waals surface area (Å²) in [6.45, 7) is 5.26. The molecule has 10 heteroatoms. The molecule has 0 aliphatic carbocycles. The van der Waals surface area contributed by atoms with Gasteiger partial charge in [0.15, 0.2) is 0 Å². The molecule has 1 fully saturated rings. The van der Waals surface area contributed by atoms with Crippen LogP contribution in [0.5, 0.6) is 5.75 Å². The van der Waals surface area contributed by atoms with E-state index in [-0.39, 0.29) is 11.4 Å². The Kier molecular flexibility index (Phi) is 6.80. The molecule has 1 saturated heterocycles. The minimum atomic E-state index is -3.57. The van der Waals surface area contributed by atoms with Crippen LogP contribution in [-0.4, -0.2) is 78.2 Å². The van der Waals surface area contributed by atoms with Gasteiger partial charge in [-0.2, -0.15) is 4.31 Å². The fourth-order valence-electron chi connectivity index (χ4n) is 2.59. The van der Waals surface area contributed by atoms with Crippen molar-refractivity contribution in [2.24, 2.45) is 0 Å². The van der Waals surface area contributed by atoms with Crippen LogP contribution in [0.2, 0.25) is 0 Å². The van der Waals surface area contributed by atoms with Gasteiger partial charge in [0, 0.05) is 39.3 Å². The van der Waals surface area contributed by atoms with E-state index in [0.29, 0.717) is 45.1 Å². The van der Waals surface area contributed by atoms with E-state index >= 15 is 0 Å². The Bertz CT molecular complexity index is 755. The van der Waals surface area contributed by atoms with E-state index in [1.54, 1.807) is 12.1 Å². The molecule has 1 aromatic rings. The number of hydrogen-bond acceptors (Lipinski definition) is 6. The van der Waals surface area contributed by atoms with E-state index < -0.39 is 20.0 Å². The zero-order valence-electron chi connectivity index (χ0n) is 14.5. The molecule has 0 atom stereocenters. The molecule has 0 bridgehead atoms. The van der Waals surface area contributed by atoms with E-state index in [1.807, 2.05) is 11.8 Å². The molecule has 1 aromatic carbocycles. The third kappa shape index (κ3) is 5.93. The third-order valence-corrected chi connectivity index (χ3v) is 6.75. The van der Waals surface area contributed by atoms with Crippen LogP contribution < -0.4 is 9.46 Å². The van der Waals surface area contributed by atoms with E-state index in [9.17, 15) is 16.8 Å². The summed E-state index contributed by atoms with van der Waals surface area (Å²) >= 11 is 0. The first kappa shape index (κ1) is 20.1. The summed E-state index contributed by atoms with van der Waals surface area (Å²) in [4.78, 5) is 2.24. The van der Waals surface area contributed by atoms with Crippen molar-refractivity contribution in [2.75, 3.05) is 52.1 Å². The number of benzene rings is 1. The van der Waals surface area contributed by atoms with Gasteiger partial charge >= 0.3 is 0 Å². The van der Waals surface area contributed by atoms with Gasteiger partial charge in [-0.1, -0.05) is 0 Å². The third-order valence-electron chi connectivity index (χ3n) is 3.97. The molecule has 2 rings (SSSR count). The van der Waals surface area contributed by atoms with Gasteiger partial charge in [0.05, 0.1) is 17.8 Å². The Morgan fingerprint density at radius 3 is 2.16 bits per heavy atom. The first-order valence-corrected chi connectivity index (χ1v) is 11.5. The first-order valence-electron chi connectivity index (χ1n) is 8.12. The normalized spacial score (nSPS) is 17.5. The zero-order chi connectivity index (χ0) is 18.5. The molecule has 8 nitrogen and oxygen atoms in total. The standard InChI is InChI=1S/C15H25N3O5S2/c1-3-23-14-4-6-15(7-5-14)25(21,22)16-8-9-17-10-12-18(13-11-17)24(2,19)20/h4-7,16H,3,8-13H2,1-2H3. The van der Waals surface area contributed by atoms with Gasteiger partial charge < -0.3 is 4.74 Å². The van der Waals surface area contributed by atoms with Crippen molar-refractivity contribution in [3.63, 3.8) is 0 Å². The highest BCUT2D eigenvalue weighted by Gasteiger charge is 2.23. The van der Waals surface area contributed by atoms with Crippen molar-refractivity contribution in [3.05, 3.63) is 24.3 Å². The SMILES string of the molecule is CCOc1ccc(S(=O)(=O)NCCN2CCN(S(C)(=O)=O)CC2)cc1. The van der Waals surface area contributed by atoms with E-state index in [2.05, 4.69) is 4.72 Å². The highest BCUT2D eigenvalue weighted by atomic mass is 32.2. The highest BCUT2D eigenvalue weighted by Crippen LogP contribution is 2.15. The fraction of sp³-hybridized carbons (Fsp3) is 0.600. The molecule has 1 aliphatic rings. The predicted molar refractivity (Wildman–Crippen MR) is 95.7 cm³/mol. The van der Waals surface area contributed by atoms with Crippen LogP contribution >= 0.6 is 0 Å². The Balaban J connectivity index is 1.81. The topological polar surface area (TPSA) is 96.0 Å². The van der Waals surface area contributed by atoms with E-state index in [0.717, 1.165) is 0 Å². The zero-order valence-corrected chi connectivity index (χ0v) is 16.1. The molecule has 0 aromatic heterocycles. The van der Waals surface area contributed by atoms with Crippen LogP contribution in [0.15, 0.2) is 29.2 Å². The van der Waals surface area contributed by atoms with Crippen LogP contribution in [0.1, 0.15) is 6.92 Å². The number of ether oxygens (including phenoxy) is 1. The van der Waals surface area contributed by atoms with Crippen LogP contribution in [0.4, 0.5) is 0 Å². The maximum absolute atomic E-state index is 12.3. The second kappa shape index (κ2) is 8.45. The van der Waals surface area contributed by atoms with Gasteiger partial charge in [-0.15, -0.1) is 0 Å². The Morgan fingerprint density at radius 1 is 1.04 bits per heavy atom. The number of rotatable bonds is 8. The molecule has 0 spiro atoms. The average molecular weight is 392 g/mol. The van der Waals surface area contributed by atoms with Crippen LogP contribution in [-0.2, 0) is 20.0 Å². The highest BCUT2D eigenvalue weighted by molar-refractivity contribution is 7.89. The van der Waals surface area contributed by atoms with Gasteiger partial charge in [0.25, 0.3) is 0 Å². The predicted octanol–water partition coefficient (Wildman–Crippen LogP) is -0.0592. The molecule has 1 aliphatic heterocycles. The molecule has 142 valence electrons. The smallest absolute Gasteiger partial charge is 0.240 e. The second-order valence-electron chi connectivity index (χ2n) is 5.81. The van der Waals surface area contributed by atoms with Crippen molar-refractivity contribution in [3.8, 4) is 5.75 Å².